The molecule has 1 N–H and O–H groups in total. The quantitative estimate of drug-likeness (QED) is 0.768. The number of rotatable bonds is 3. The molecule has 2 aliphatic rings. The van der Waals surface area contributed by atoms with Gasteiger partial charge in [-0.2, -0.15) is 0 Å². The number of piperazine rings is 1. The van der Waals surface area contributed by atoms with Crippen LogP contribution >= 0.6 is 0 Å². The van der Waals surface area contributed by atoms with Crippen LogP contribution in [-0.2, 0) is 0 Å². The minimum absolute atomic E-state index is 0.566. The van der Waals surface area contributed by atoms with Gasteiger partial charge in [-0.1, -0.05) is 33.1 Å². The Morgan fingerprint density at radius 3 is 2.33 bits per heavy atom. The van der Waals surface area contributed by atoms with E-state index in [-0.39, 0.29) is 0 Å². The van der Waals surface area contributed by atoms with Crippen molar-refractivity contribution in [1.82, 2.24) is 10.2 Å². The van der Waals surface area contributed by atoms with E-state index >= 15 is 0 Å². The monoisotopic (exact) mass is 210 g/mol. The molecular formula is C13H26N2. The van der Waals surface area contributed by atoms with Gasteiger partial charge in [0.05, 0.1) is 0 Å². The molecule has 2 nitrogen and oxygen atoms in total. The van der Waals surface area contributed by atoms with Crippen LogP contribution in [0.4, 0.5) is 0 Å². The van der Waals surface area contributed by atoms with Crippen molar-refractivity contribution in [2.75, 3.05) is 26.2 Å². The molecule has 2 fully saturated rings. The Morgan fingerprint density at radius 2 is 1.80 bits per heavy atom. The highest BCUT2D eigenvalue weighted by Crippen LogP contribution is 2.42. The van der Waals surface area contributed by atoms with E-state index < -0.39 is 0 Å². The highest BCUT2D eigenvalue weighted by Gasteiger charge is 2.43. The Kier molecular flexibility index (Phi) is 3.68. The van der Waals surface area contributed by atoms with Gasteiger partial charge in [0.15, 0.2) is 0 Å². The van der Waals surface area contributed by atoms with Gasteiger partial charge < -0.3 is 5.32 Å². The van der Waals surface area contributed by atoms with E-state index in [2.05, 4.69) is 24.1 Å². The molecule has 0 bridgehead atoms. The van der Waals surface area contributed by atoms with Gasteiger partial charge in [-0.3, -0.25) is 4.90 Å². The maximum Gasteiger partial charge on any atom is 0.0236 e. The van der Waals surface area contributed by atoms with Crippen molar-refractivity contribution in [3.8, 4) is 0 Å². The lowest BCUT2D eigenvalue weighted by atomic mass is 9.80. The van der Waals surface area contributed by atoms with Gasteiger partial charge in [-0.25, -0.2) is 0 Å². The number of hydrogen-bond donors (Lipinski definition) is 1. The SMILES string of the molecule is CCC(C)C1(N2CCNCC2)CCCC1. The third-order valence-electron chi connectivity index (χ3n) is 4.75. The number of nitrogens with one attached hydrogen (secondary N) is 1. The largest absolute Gasteiger partial charge is 0.314 e. The van der Waals surface area contributed by atoms with Crippen LogP contribution in [0.5, 0.6) is 0 Å². The molecule has 0 aromatic rings. The summed E-state index contributed by atoms with van der Waals surface area (Å²) >= 11 is 0. The Morgan fingerprint density at radius 1 is 1.20 bits per heavy atom. The molecule has 1 aliphatic heterocycles. The molecule has 1 saturated carbocycles. The standard InChI is InChI=1S/C13H26N2/c1-3-12(2)13(6-4-5-7-13)15-10-8-14-9-11-15/h12,14H,3-11H2,1-2H3. The van der Waals surface area contributed by atoms with Crippen LogP contribution in [-0.4, -0.2) is 36.6 Å². The summed E-state index contributed by atoms with van der Waals surface area (Å²) in [7, 11) is 0. The first-order chi connectivity index (χ1) is 7.29. The highest BCUT2D eigenvalue weighted by molar-refractivity contribution is 4.99. The molecule has 0 aromatic carbocycles. The predicted octanol–water partition coefficient (Wildman–Crippen LogP) is 2.25. The van der Waals surface area contributed by atoms with Gasteiger partial charge in [0.2, 0.25) is 0 Å². The lowest BCUT2D eigenvalue weighted by Crippen LogP contribution is -2.57. The van der Waals surface area contributed by atoms with Gasteiger partial charge in [0.25, 0.3) is 0 Å². The normalized spacial score (nSPS) is 29.2. The fourth-order valence-corrected chi connectivity index (χ4v) is 3.60. The average molecular weight is 210 g/mol. The minimum atomic E-state index is 0.566. The molecule has 1 atom stereocenters. The first kappa shape index (κ1) is 11.4. The summed E-state index contributed by atoms with van der Waals surface area (Å²) < 4.78 is 0. The maximum absolute atomic E-state index is 3.47. The second kappa shape index (κ2) is 4.84. The summed E-state index contributed by atoms with van der Waals surface area (Å²) in [6.07, 6.45) is 7.14. The summed E-state index contributed by atoms with van der Waals surface area (Å²) in [5.41, 5.74) is 0.566. The van der Waals surface area contributed by atoms with E-state index in [0.717, 1.165) is 5.92 Å². The van der Waals surface area contributed by atoms with Gasteiger partial charge in [0.1, 0.15) is 0 Å². The number of hydrogen-bond acceptors (Lipinski definition) is 2. The van der Waals surface area contributed by atoms with Crippen LogP contribution in [0, 0.1) is 5.92 Å². The Balaban J connectivity index is 2.09. The lowest BCUT2D eigenvalue weighted by Gasteiger charge is -2.47. The molecule has 1 aliphatic carbocycles. The molecule has 88 valence electrons. The Labute approximate surface area is 94.4 Å². The smallest absolute Gasteiger partial charge is 0.0236 e. The van der Waals surface area contributed by atoms with Crippen molar-refractivity contribution in [2.45, 2.75) is 51.5 Å². The second-order valence-corrected chi connectivity index (χ2v) is 5.36. The third-order valence-corrected chi connectivity index (χ3v) is 4.75. The van der Waals surface area contributed by atoms with Gasteiger partial charge in [0, 0.05) is 31.7 Å². The van der Waals surface area contributed by atoms with E-state index in [1.807, 2.05) is 0 Å². The maximum atomic E-state index is 3.47. The van der Waals surface area contributed by atoms with E-state index in [0.29, 0.717) is 5.54 Å². The lowest BCUT2D eigenvalue weighted by molar-refractivity contribution is 0.0303. The van der Waals surface area contributed by atoms with Crippen LogP contribution in [0.25, 0.3) is 0 Å². The van der Waals surface area contributed by atoms with Crippen molar-refractivity contribution in [2.24, 2.45) is 5.92 Å². The Hall–Kier alpha value is -0.0800. The Bertz CT molecular complexity index is 191. The second-order valence-electron chi connectivity index (χ2n) is 5.36. The van der Waals surface area contributed by atoms with E-state index in [1.54, 1.807) is 0 Å². The van der Waals surface area contributed by atoms with Crippen LogP contribution in [0.15, 0.2) is 0 Å². The van der Waals surface area contributed by atoms with Crippen molar-refractivity contribution in [3.63, 3.8) is 0 Å². The molecule has 1 unspecified atom stereocenters. The molecule has 2 heteroatoms. The molecule has 1 saturated heterocycles. The van der Waals surface area contributed by atoms with Gasteiger partial charge >= 0.3 is 0 Å². The van der Waals surface area contributed by atoms with Gasteiger partial charge in [-0.05, 0) is 18.8 Å². The zero-order valence-corrected chi connectivity index (χ0v) is 10.4. The molecule has 0 amide bonds. The summed E-state index contributed by atoms with van der Waals surface area (Å²) in [4.78, 5) is 2.80. The fourth-order valence-electron chi connectivity index (χ4n) is 3.60. The van der Waals surface area contributed by atoms with Crippen molar-refractivity contribution >= 4 is 0 Å². The summed E-state index contributed by atoms with van der Waals surface area (Å²) in [6, 6.07) is 0. The van der Waals surface area contributed by atoms with Crippen LogP contribution in [0.3, 0.4) is 0 Å². The topological polar surface area (TPSA) is 15.3 Å². The molecule has 1 heterocycles. The molecule has 2 rings (SSSR count). The first-order valence-electron chi connectivity index (χ1n) is 6.75. The third kappa shape index (κ3) is 2.07. The number of nitrogens with zero attached hydrogens (tertiary/aromatic N) is 1. The van der Waals surface area contributed by atoms with Crippen molar-refractivity contribution < 1.29 is 0 Å². The van der Waals surface area contributed by atoms with Crippen molar-refractivity contribution in [3.05, 3.63) is 0 Å². The van der Waals surface area contributed by atoms with Crippen LogP contribution in [0.1, 0.15) is 46.0 Å². The fraction of sp³-hybridized carbons (Fsp3) is 1.00. The molecule has 0 spiro atoms. The van der Waals surface area contributed by atoms with Crippen molar-refractivity contribution in [1.29, 1.82) is 0 Å². The van der Waals surface area contributed by atoms with E-state index in [4.69, 9.17) is 0 Å². The zero-order valence-electron chi connectivity index (χ0n) is 10.4. The zero-order chi connectivity index (χ0) is 10.7. The van der Waals surface area contributed by atoms with E-state index in [9.17, 15) is 0 Å². The molecule has 0 radical (unpaired) electrons. The summed E-state index contributed by atoms with van der Waals surface area (Å²) in [5.74, 6) is 0.873. The molecule has 0 aromatic heterocycles. The molecular weight excluding hydrogens is 184 g/mol. The summed E-state index contributed by atoms with van der Waals surface area (Å²) in [6.45, 7) is 9.74. The highest BCUT2D eigenvalue weighted by atomic mass is 15.2. The van der Waals surface area contributed by atoms with Crippen LogP contribution < -0.4 is 5.32 Å². The average Bonchev–Trinajstić information content (AvgIpc) is 2.79. The van der Waals surface area contributed by atoms with Gasteiger partial charge in [-0.15, -0.1) is 0 Å². The minimum Gasteiger partial charge on any atom is -0.314 e. The summed E-state index contributed by atoms with van der Waals surface area (Å²) in [5, 5.41) is 3.47. The van der Waals surface area contributed by atoms with Crippen LogP contribution in [0.2, 0.25) is 0 Å². The molecule has 15 heavy (non-hydrogen) atoms. The first-order valence-corrected chi connectivity index (χ1v) is 6.75. The van der Waals surface area contributed by atoms with E-state index in [1.165, 1.54) is 58.3 Å². The predicted molar refractivity (Wildman–Crippen MR) is 65.1 cm³/mol.